The first kappa shape index (κ1) is 19.6. The van der Waals surface area contributed by atoms with Crippen molar-refractivity contribution in [1.82, 2.24) is 19.4 Å². The molecule has 4 nitrogen and oxygen atoms in total. The van der Waals surface area contributed by atoms with Crippen LogP contribution in [0.3, 0.4) is 0 Å². The highest BCUT2D eigenvalue weighted by Crippen LogP contribution is 2.31. The molecule has 0 aliphatic carbocycles. The Balaban J connectivity index is 1.50. The van der Waals surface area contributed by atoms with Crippen LogP contribution < -0.4 is 0 Å². The molecule has 0 spiro atoms. The van der Waals surface area contributed by atoms with Crippen LogP contribution in [0.2, 0.25) is 0 Å². The summed E-state index contributed by atoms with van der Waals surface area (Å²) in [5, 5.41) is 0. The topological polar surface area (TPSA) is 34.0 Å². The molecule has 1 unspecified atom stereocenters. The molecule has 1 saturated heterocycles. The zero-order valence-electron chi connectivity index (χ0n) is 16.2. The lowest BCUT2D eigenvalue weighted by Gasteiger charge is -2.34. The molecule has 1 aliphatic heterocycles. The molecule has 1 aromatic carbocycles. The number of hydrogen-bond acceptors (Lipinski definition) is 3. The molecule has 7 heteroatoms. The van der Waals surface area contributed by atoms with E-state index in [0.29, 0.717) is 6.54 Å². The predicted octanol–water partition coefficient (Wildman–Crippen LogP) is 5.11. The minimum absolute atomic E-state index is 0.281. The third-order valence-corrected chi connectivity index (χ3v) is 5.45. The van der Waals surface area contributed by atoms with Crippen LogP contribution in [0.15, 0.2) is 55.0 Å². The van der Waals surface area contributed by atoms with Gasteiger partial charge in [-0.25, -0.2) is 4.98 Å². The number of nitrogens with zero attached hydrogens (tertiary/aromatic N) is 4. The zero-order chi connectivity index (χ0) is 20.4. The summed E-state index contributed by atoms with van der Waals surface area (Å²) < 4.78 is 40.6. The molecule has 1 fully saturated rings. The molecule has 0 bridgehead atoms. The number of imidazole rings is 1. The van der Waals surface area contributed by atoms with Gasteiger partial charge in [-0.2, -0.15) is 13.2 Å². The molecule has 0 radical (unpaired) electrons. The summed E-state index contributed by atoms with van der Waals surface area (Å²) in [6.45, 7) is 4.49. The first-order valence-electron chi connectivity index (χ1n) is 9.74. The quantitative estimate of drug-likeness (QED) is 0.610. The van der Waals surface area contributed by atoms with Gasteiger partial charge in [0.1, 0.15) is 5.82 Å². The summed E-state index contributed by atoms with van der Waals surface area (Å²) in [4.78, 5) is 11.0. The van der Waals surface area contributed by atoms with Gasteiger partial charge in [0.05, 0.1) is 5.56 Å². The third-order valence-electron chi connectivity index (χ3n) is 5.45. The van der Waals surface area contributed by atoms with Crippen molar-refractivity contribution in [2.45, 2.75) is 38.5 Å². The van der Waals surface area contributed by atoms with E-state index in [-0.39, 0.29) is 6.04 Å². The van der Waals surface area contributed by atoms with Gasteiger partial charge in [0, 0.05) is 49.0 Å². The number of alkyl halides is 3. The molecule has 0 amide bonds. The Bertz CT molecular complexity index is 948. The van der Waals surface area contributed by atoms with Crippen molar-refractivity contribution in [3.8, 4) is 11.4 Å². The van der Waals surface area contributed by atoms with Crippen LogP contribution in [-0.4, -0.2) is 32.5 Å². The van der Waals surface area contributed by atoms with Crippen molar-refractivity contribution in [2.24, 2.45) is 0 Å². The van der Waals surface area contributed by atoms with E-state index in [9.17, 15) is 13.2 Å². The van der Waals surface area contributed by atoms with Crippen molar-refractivity contribution in [2.75, 3.05) is 13.1 Å². The fourth-order valence-corrected chi connectivity index (χ4v) is 4.06. The first-order chi connectivity index (χ1) is 13.9. The monoisotopic (exact) mass is 400 g/mol. The predicted molar refractivity (Wildman–Crippen MR) is 105 cm³/mol. The molecule has 152 valence electrons. The number of likely N-dealkylation sites (tertiary alicyclic amines) is 1. The van der Waals surface area contributed by atoms with Crippen molar-refractivity contribution >= 4 is 0 Å². The molecular formula is C22H23F3N4. The van der Waals surface area contributed by atoms with Crippen LogP contribution >= 0.6 is 0 Å². The van der Waals surface area contributed by atoms with E-state index < -0.39 is 11.7 Å². The Morgan fingerprint density at radius 2 is 1.79 bits per heavy atom. The molecule has 0 saturated carbocycles. The number of aryl methyl sites for hydroxylation is 1. The molecule has 3 aromatic rings. The van der Waals surface area contributed by atoms with Gasteiger partial charge in [-0.1, -0.05) is 12.1 Å². The Morgan fingerprint density at radius 3 is 2.48 bits per heavy atom. The van der Waals surface area contributed by atoms with Crippen molar-refractivity contribution in [3.63, 3.8) is 0 Å². The van der Waals surface area contributed by atoms with E-state index in [4.69, 9.17) is 0 Å². The van der Waals surface area contributed by atoms with Crippen molar-refractivity contribution in [1.29, 1.82) is 0 Å². The number of piperidine rings is 1. The second-order valence-electron chi connectivity index (χ2n) is 7.55. The largest absolute Gasteiger partial charge is 0.416 e. The van der Waals surface area contributed by atoms with E-state index in [1.54, 1.807) is 24.5 Å². The second kappa shape index (κ2) is 7.99. The van der Waals surface area contributed by atoms with Crippen LogP contribution in [0.1, 0.15) is 35.7 Å². The van der Waals surface area contributed by atoms with E-state index in [1.165, 1.54) is 12.1 Å². The molecule has 4 rings (SSSR count). The lowest BCUT2D eigenvalue weighted by molar-refractivity contribution is -0.137. The summed E-state index contributed by atoms with van der Waals surface area (Å²) in [5.74, 6) is 0.936. The lowest BCUT2D eigenvalue weighted by Crippen LogP contribution is -2.36. The van der Waals surface area contributed by atoms with Crippen LogP contribution in [-0.2, 0) is 12.7 Å². The third kappa shape index (κ3) is 4.34. The van der Waals surface area contributed by atoms with Gasteiger partial charge in [0.25, 0.3) is 0 Å². The van der Waals surface area contributed by atoms with Crippen LogP contribution in [0.25, 0.3) is 11.4 Å². The zero-order valence-corrected chi connectivity index (χ0v) is 16.2. The molecule has 29 heavy (non-hydrogen) atoms. The fraction of sp³-hybridized carbons (Fsp3) is 0.364. The highest BCUT2D eigenvalue weighted by atomic mass is 19.4. The maximum atomic E-state index is 12.8. The average molecular weight is 400 g/mol. The maximum Gasteiger partial charge on any atom is 0.416 e. The van der Waals surface area contributed by atoms with Gasteiger partial charge < -0.3 is 4.57 Å². The standard InChI is InChI=1S/C22H23F3N4/c1-16-13-27-21(18-8-10-26-11-9-18)29(16)20-3-2-12-28(15-20)14-17-4-6-19(7-5-17)22(23,24)25/h4-11,13,20H,2-3,12,14-15H2,1H3. The molecular weight excluding hydrogens is 377 g/mol. The van der Waals surface area contributed by atoms with Gasteiger partial charge in [0.2, 0.25) is 0 Å². The van der Waals surface area contributed by atoms with Crippen LogP contribution in [0, 0.1) is 6.92 Å². The second-order valence-corrected chi connectivity index (χ2v) is 7.55. The number of aromatic nitrogens is 3. The number of pyridine rings is 1. The van der Waals surface area contributed by atoms with Gasteiger partial charge >= 0.3 is 6.18 Å². The minimum atomic E-state index is -4.29. The van der Waals surface area contributed by atoms with E-state index in [1.807, 2.05) is 18.3 Å². The average Bonchev–Trinajstić information content (AvgIpc) is 3.10. The Hall–Kier alpha value is -2.67. The maximum absolute atomic E-state index is 12.8. The Kier molecular flexibility index (Phi) is 5.41. The van der Waals surface area contributed by atoms with E-state index in [2.05, 4.69) is 26.4 Å². The van der Waals surface area contributed by atoms with Crippen molar-refractivity contribution in [3.05, 3.63) is 71.8 Å². The number of rotatable bonds is 4. The summed E-state index contributed by atoms with van der Waals surface area (Å²) in [5.41, 5.74) is 2.44. The summed E-state index contributed by atoms with van der Waals surface area (Å²) in [6, 6.07) is 9.69. The van der Waals surface area contributed by atoms with Gasteiger partial charge in [-0.15, -0.1) is 0 Å². The SMILES string of the molecule is Cc1cnc(-c2ccncc2)n1C1CCCN(Cc2ccc(C(F)(F)F)cc2)C1. The highest BCUT2D eigenvalue weighted by Gasteiger charge is 2.30. The molecule has 0 N–H and O–H groups in total. The summed E-state index contributed by atoms with van der Waals surface area (Å²) >= 11 is 0. The summed E-state index contributed by atoms with van der Waals surface area (Å²) in [7, 11) is 0. The van der Waals surface area contributed by atoms with Crippen molar-refractivity contribution < 1.29 is 13.2 Å². The number of hydrogen-bond donors (Lipinski definition) is 0. The smallest absolute Gasteiger partial charge is 0.324 e. The molecule has 3 heterocycles. The van der Waals surface area contributed by atoms with Gasteiger partial charge in [-0.05, 0) is 56.1 Å². The first-order valence-corrected chi connectivity index (χ1v) is 9.74. The Morgan fingerprint density at radius 1 is 1.07 bits per heavy atom. The molecule has 2 aromatic heterocycles. The minimum Gasteiger partial charge on any atom is -0.324 e. The normalized spacial score (nSPS) is 18.1. The lowest BCUT2D eigenvalue weighted by atomic mass is 10.0. The van der Waals surface area contributed by atoms with Gasteiger partial charge in [-0.3, -0.25) is 9.88 Å². The summed E-state index contributed by atoms with van der Waals surface area (Å²) in [6.07, 6.45) is 3.22. The van der Waals surface area contributed by atoms with Crippen LogP contribution in [0.4, 0.5) is 13.2 Å². The number of halogens is 3. The Labute approximate surface area is 168 Å². The van der Waals surface area contributed by atoms with Gasteiger partial charge in [0.15, 0.2) is 0 Å². The fourth-order valence-electron chi connectivity index (χ4n) is 4.06. The molecule has 1 aliphatic rings. The highest BCUT2D eigenvalue weighted by molar-refractivity contribution is 5.55. The van der Waals surface area contributed by atoms with E-state index >= 15 is 0 Å². The van der Waals surface area contributed by atoms with E-state index in [0.717, 1.165) is 48.6 Å². The number of benzene rings is 1. The van der Waals surface area contributed by atoms with Crippen LogP contribution in [0.5, 0.6) is 0 Å². The molecule has 1 atom stereocenters.